The minimum Gasteiger partial charge on any atom is -0.810 e. The van der Waals surface area contributed by atoms with Crippen LogP contribution in [0.15, 0.2) is 0 Å². The van der Waals surface area contributed by atoms with Gasteiger partial charge in [-0.05, 0) is 0 Å². The Labute approximate surface area is 197 Å². The summed E-state index contributed by atoms with van der Waals surface area (Å²) in [6, 6.07) is -1.59. The van der Waals surface area contributed by atoms with Crippen LogP contribution in [0.25, 0.3) is 0 Å². The molecule has 0 heterocycles. The predicted molar refractivity (Wildman–Crippen MR) is 56.2 cm³/mol. The molecule has 1 atom stereocenters. The van der Waals surface area contributed by atoms with E-state index in [-0.39, 0.29) is 88.7 Å². The molecular formula is C8H11N3Na3O8P. The van der Waals surface area contributed by atoms with Crippen LogP contribution in [0, 0.1) is 0 Å². The molecule has 0 spiro atoms. The zero-order valence-corrected chi connectivity index (χ0v) is 19.9. The first-order valence-electron chi connectivity index (χ1n) is 5.07. The van der Waals surface area contributed by atoms with Crippen molar-refractivity contribution < 1.29 is 127 Å². The van der Waals surface area contributed by atoms with Gasteiger partial charge in [-0.3, -0.25) is 14.4 Å². The Hall–Kier alpha value is 1.03. The molecule has 11 nitrogen and oxygen atoms in total. The predicted octanol–water partition coefficient (Wildman–Crippen LogP) is -14.9. The van der Waals surface area contributed by atoms with Gasteiger partial charge in [0.15, 0.2) is 0 Å². The smallest absolute Gasteiger partial charge is 0.810 e. The van der Waals surface area contributed by atoms with E-state index in [9.17, 15) is 38.6 Å². The van der Waals surface area contributed by atoms with Gasteiger partial charge in [-0.1, -0.05) is 7.60 Å². The Balaban J connectivity index is -0.000000602. The minimum absolute atomic E-state index is 0. The fourth-order valence-electron chi connectivity index (χ4n) is 1.11. The summed E-state index contributed by atoms with van der Waals surface area (Å²) in [4.78, 5) is 64.1. The van der Waals surface area contributed by atoms with E-state index in [0.717, 1.165) is 0 Å². The summed E-state index contributed by atoms with van der Waals surface area (Å²) in [5.41, 5.74) is 4.81. The number of nitrogens with one attached hydrogen (secondary N) is 2. The van der Waals surface area contributed by atoms with Gasteiger partial charge in [-0.15, -0.1) is 0 Å². The summed E-state index contributed by atoms with van der Waals surface area (Å²) in [5, 5.41) is 13.7. The second-order valence-electron chi connectivity index (χ2n) is 3.65. The molecule has 0 unspecified atom stereocenters. The third-order valence-corrected chi connectivity index (χ3v) is 2.48. The Kier molecular flexibility index (Phi) is 21.1. The van der Waals surface area contributed by atoms with Crippen molar-refractivity contribution in [3.63, 3.8) is 0 Å². The maximum atomic E-state index is 11.4. The molecule has 0 aliphatic heterocycles. The number of nitrogens with two attached hydrogens (primary N) is 1. The SMILES string of the molecule is NC(=O)C[C@@H](NC(=O)CP(=O)([O-])[O-])C(=O)NCC(=O)[O-].[Na+].[Na+].[Na+]. The molecule has 0 saturated carbocycles. The molecule has 114 valence electrons. The van der Waals surface area contributed by atoms with E-state index in [0.29, 0.717) is 0 Å². The van der Waals surface area contributed by atoms with Gasteiger partial charge < -0.3 is 40.6 Å². The van der Waals surface area contributed by atoms with E-state index >= 15 is 0 Å². The van der Waals surface area contributed by atoms with Crippen LogP contribution >= 0.6 is 7.60 Å². The van der Waals surface area contributed by atoms with Gasteiger partial charge in [0.1, 0.15) is 6.04 Å². The number of rotatable bonds is 8. The van der Waals surface area contributed by atoms with Crippen LogP contribution in [0.4, 0.5) is 0 Å². The van der Waals surface area contributed by atoms with Crippen LogP contribution < -0.4 is 120 Å². The average Bonchev–Trinajstić information content (AvgIpc) is 2.21. The van der Waals surface area contributed by atoms with Crippen LogP contribution in [0.1, 0.15) is 6.42 Å². The number of hydrogen-bond donors (Lipinski definition) is 3. The number of primary amides is 1. The first kappa shape index (κ1) is 31.8. The van der Waals surface area contributed by atoms with Gasteiger partial charge in [0, 0.05) is 0 Å². The Bertz CT molecular complexity index is 471. The number of amides is 3. The number of carboxylic acids is 1. The second-order valence-corrected chi connectivity index (χ2v) is 5.19. The Morgan fingerprint density at radius 1 is 1.09 bits per heavy atom. The molecule has 0 aromatic rings. The molecule has 15 heteroatoms. The number of aliphatic carboxylic acids is 1. The van der Waals surface area contributed by atoms with Gasteiger partial charge in [0.05, 0.1) is 25.1 Å². The molecule has 0 rings (SSSR count). The van der Waals surface area contributed by atoms with Crippen LogP contribution in [0.3, 0.4) is 0 Å². The maximum Gasteiger partial charge on any atom is 1.00 e. The molecule has 3 amide bonds. The second kappa shape index (κ2) is 15.3. The van der Waals surface area contributed by atoms with Gasteiger partial charge in [0.25, 0.3) is 0 Å². The quantitative estimate of drug-likeness (QED) is 0.273. The summed E-state index contributed by atoms with van der Waals surface area (Å²) in [7, 11) is -5.14. The van der Waals surface area contributed by atoms with Crippen molar-refractivity contribution in [3.05, 3.63) is 0 Å². The van der Waals surface area contributed by atoms with E-state index in [1.54, 1.807) is 10.6 Å². The molecule has 0 radical (unpaired) electrons. The molecule has 4 N–H and O–H groups in total. The van der Waals surface area contributed by atoms with Crippen molar-refractivity contribution in [2.24, 2.45) is 5.73 Å². The molecule has 0 bridgehead atoms. The van der Waals surface area contributed by atoms with Gasteiger partial charge in [0.2, 0.25) is 17.7 Å². The number of hydrogen-bond acceptors (Lipinski definition) is 8. The first-order chi connectivity index (χ1) is 9.01. The van der Waals surface area contributed by atoms with Gasteiger partial charge in [-0.2, -0.15) is 0 Å². The molecule has 0 saturated heterocycles. The maximum absolute atomic E-state index is 11.4. The van der Waals surface area contributed by atoms with Gasteiger partial charge in [-0.25, -0.2) is 0 Å². The van der Waals surface area contributed by atoms with Crippen LogP contribution in [0.5, 0.6) is 0 Å². The third kappa shape index (κ3) is 19.2. The van der Waals surface area contributed by atoms with Crippen LogP contribution in [-0.2, 0) is 23.7 Å². The summed E-state index contributed by atoms with van der Waals surface area (Å²) >= 11 is 0. The van der Waals surface area contributed by atoms with E-state index < -0.39 is 56.5 Å². The summed E-state index contributed by atoms with van der Waals surface area (Å²) in [5.74, 6) is -5.03. The van der Waals surface area contributed by atoms with Crippen molar-refractivity contribution in [1.82, 2.24) is 10.6 Å². The zero-order chi connectivity index (χ0) is 15.9. The summed E-state index contributed by atoms with van der Waals surface area (Å²) in [6.07, 6.45) is -2.11. The fraction of sp³-hybridized carbons (Fsp3) is 0.500. The number of carbonyl (C=O) groups excluding carboxylic acids is 4. The Morgan fingerprint density at radius 2 is 1.57 bits per heavy atom. The van der Waals surface area contributed by atoms with Crippen molar-refractivity contribution in [2.75, 3.05) is 12.7 Å². The van der Waals surface area contributed by atoms with Crippen molar-refractivity contribution in [1.29, 1.82) is 0 Å². The molecule has 23 heavy (non-hydrogen) atoms. The summed E-state index contributed by atoms with van der Waals surface area (Å²) in [6.45, 7) is -0.883. The monoisotopic (exact) mass is 377 g/mol. The van der Waals surface area contributed by atoms with E-state index in [2.05, 4.69) is 0 Å². The van der Waals surface area contributed by atoms with Crippen molar-refractivity contribution >= 4 is 31.3 Å². The molecule has 0 aromatic heterocycles. The number of carbonyl (C=O) groups is 4. The molecule has 0 aromatic carbocycles. The third-order valence-electron chi connectivity index (χ3n) is 1.80. The zero-order valence-electron chi connectivity index (χ0n) is 13.0. The fourth-order valence-corrected chi connectivity index (χ4v) is 1.55. The first-order valence-corrected chi connectivity index (χ1v) is 6.80. The number of carboxylic acid groups (broad SMARTS) is 1. The van der Waals surface area contributed by atoms with Crippen LogP contribution in [0.2, 0.25) is 0 Å². The molecule has 0 aliphatic carbocycles. The Morgan fingerprint density at radius 3 is 1.91 bits per heavy atom. The van der Waals surface area contributed by atoms with E-state index in [4.69, 9.17) is 5.73 Å². The van der Waals surface area contributed by atoms with Crippen LogP contribution in [-0.4, -0.2) is 42.4 Å². The molecule has 0 fully saturated rings. The normalized spacial score (nSPS) is 10.7. The van der Waals surface area contributed by atoms with Gasteiger partial charge >= 0.3 is 88.7 Å². The van der Waals surface area contributed by atoms with Crippen molar-refractivity contribution in [3.8, 4) is 0 Å². The summed E-state index contributed by atoms with van der Waals surface area (Å²) < 4.78 is 10.4. The van der Waals surface area contributed by atoms with Crippen molar-refractivity contribution in [2.45, 2.75) is 12.5 Å². The molecular weight excluding hydrogens is 366 g/mol. The van der Waals surface area contributed by atoms with E-state index in [1.807, 2.05) is 0 Å². The standard InChI is InChI=1S/C8H14N3O8P.3Na/c9-5(12)1-4(8(16)10-2-7(14)15)11-6(13)3-20(17,18)19;;;/h4H,1-3H2,(H2,9,12)(H,10,16)(H,11,13)(H,14,15)(H2,17,18,19);;;/q;3*+1/p-3/t4-;;;/m1.../s1. The largest absolute Gasteiger partial charge is 1.00 e. The average molecular weight is 377 g/mol. The topological polar surface area (TPSA) is 205 Å². The minimum atomic E-state index is -5.14. The molecule has 0 aliphatic rings. The van der Waals surface area contributed by atoms with E-state index in [1.165, 1.54) is 0 Å².